The number of nitrogens with one attached hydrogen (secondary N) is 8. The van der Waals surface area contributed by atoms with Crippen LogP contribution in [0.25, 0.3) is 43.6 Å². The van der Waals surface area contributed by atoms with Gasteiger partial charge in [-0.05, 0) is 213 Å². The summed E-state index contributed by atoms with van der Waals surface area (Å²) in [6.45, 7) is 10.6. The Morgan fingerprint density at radius 1 is 0.533 bits per heavy atom. The van der Waals surface area contributed by atoms with Crippen molar-refractivity contribution in [1.29, 1.82) is 0 Å². The van der Waals surface area contributed by atoms with Crippen LogP contribution < -0.4 is 32.7 Å². The molecule has 12 N–H and O–H groups in total. The second-order valence-corrected chi connectivity index (χ2v) is 24.6. The van der Waals surface area contributed by atoms with Crippen LogP contribution in [0.15, 0.2) is 90.7 Å². The standard InChI is InChI=1S/C19H26BrN3O2.2C14H18BrN3.C11H8BrNO/c1-19(2,3)25-18(24)22-10-4-9-21-16-8-6-13-14-11-12(20)5-7-15(14)23-17(13)16;2*15-9-2-4-12-11(8-9)10-3-5-13(14(10)18-12)17-7-1-6-16;12-6-1-3-9-8(5-6)7-2-4-10(14)11(7)13-9/h5,7,11,16,21,23H,4,6,8-10H2,1-3H3,(H,22,24);2*2,4,8,13,17-18H,1,3,5-7,16H2;1,3,5,13H,2,4H2. The molecule has 4 aliphatic carbocycles. The van der Waals surface area contributed by atoms with E-state index in [2.05, 4.69) is 166 Å². The minimum absolute atomic E-state index is 0.243. The first kappa shape index (κ1) is 55.5. The summed E-state index contributed by atoms with van der Waals surface area (Å²) in [4.78, 5) is 37.0. The van der Waals surface area contributed by atoms with Crippen molar-refractivity contribution >= 4 is 119 Å². The Balaban J connectivity index is 0.000000125. The lowest BCUT2D eigenvalue weighted by Gasteiger charge is -2.19. The van der Waals surface area contributed by atoms with E-state index in [1.807, 2.05) is 32.9 Å². The molecule has 13 nitrogen and oxygen atoms in total. The van der Waals surface area contributed by atoms with E-state index in [9.17, 15) is 9.59 Å². The summed E-state index contributed by atoms with van der Waals surface area (Å²) in [5.74, 6) is 0.243. The number of fused-ring (bicyclic) bond motifs is 12. The Morgan fingerprint density at radius 3 is 1.29 bits per heavy atom. The van der Waals surface area contributed by atoms with Gasteiger partial charge in [0.15, 0.2) is 5.78 Å². The molecule has 8 aromatic rings. The number of amides is 1. The number of hydrogen-bond acceptors (Lipinski definition) is 8. The van der Waals surface area contributed by atoms with Gasteiger partial charge in [-0.2, -0.15) is 0 Å². The van der Waals surface area contributed by atoms with Crippen molar-refractivity contribution < 1.29 is 14.3 Å². The second-order valence-electron chi connectivity index (χ2n) is 20.9. The number of aromatic nitrogens is 4. The SMILES string of the molecule is CC(C)(C)OC(=O)NCCCNC1CCc2c1[nH]c1ccc(Br)cc21.NCCCNC1CCc2c1[nH]c1ccc(Br)cc21.NCCCNC1CCc2c1[nH]c1ccc(Br)cc21.O=C1CCc2c1[nH]c1ccc(Br)cc21. The van der Waals surface area contributed by atoms with Crippen LogP contribution in [-0.4, -0.2) is 76.7 Å². The molecule has 4 aromatic heterocycles. The summed E-state index contributed by atoms with van der Waals surface area (Å²) < 4.78 is 9.71. The predicted octanol–water partition coefficient (Wildman–Crippen LogP) is 13.2. The number of H-pyrrole nitrogens is 4. The van der Waals surface area contributed by atoms with E-state index in [1.165, 1.54) is 90.3 Å². The Bertz CT molecular complexity index is 3190. The van der Waals surface area contributed by atoms with Crippen LogP contribution in [0.5, 0.6) is 0 Å². The van der Waals surface area contributed by atoms with Crippen LogP contribution in [0.4, 0.5) is 4.79 Å². The number of carbonyl (C=O) groups excluding carboxylic acids is 2. The molecular formula is C58H70Br4N10O3. The van der Waals surface area contributed by atoms with E-state index in [-0.39, 0.29) is 11.9 Å². The first-order valence-electron chi connectivity index (χ1n) is 26.5. The molecule has 0 saturated carbocycles. The molecule has 17 heteroatoms. The van der Waals surface area contributed by atoms with Gasteiger partial charge in [0, 0.05) is 110 Å². The molecule has 75 heavy (non-hydrogen) atoms. The third-order valence-electron chi connectivity index (χ3n) is 14.5. The van der Waals surface area contributed by atoms with Crippen LogP contribution in [0.2, 0.25) is 0 Å². The number of ether oxygens (including phenoxy) is 1. The Morgan fingerprint density at radius 2 is 0.907 bits per heavy atom. The number of Topliss-reactive ketones (excluding diaryl/α,β-unsaturated/α-hetero) is 1. The molecule has 0 aliphatic heterocycles. The van der Waals surface area contributed by atoms with Crippen molar-refractivity contribution in [2.45, 2.75) is 115 Å². The normalized spacial score (nSPS) is 17.3. The Labute approximate surface area is 472 Å². The molecule has 3 unspecified atom stereocenters. The molecule has 1 amide bonds. The van der Waals surface area contributed by atoms with Crippen LogP contribution in [0.1, 0.15) is 134 Å². The van der Waals surface area contributed by atoms with E-state index in [0.29, 0.717) is 31.1 Å². The quantitative estimate of drug-likeness (QED) is 0.0502. The maximum Gasteiger partial charge on any atom is 0.407 e. The number of rotatable bonds is 13. The Hall–Kier alpha value is -4.30. The van der Waals surface area contributed by atoms with Crippen LogP contribution in [-0.2, 0) is 30.4 Å². The highest BCUT2D eigenvalue weighted by Gasteiger charge is 2.29. The van der Waals surface area contributed by atoms with Gasteiger partial charge in [0.25, 0.3) is 0 Å². The summed E-state index contributed by atoms with van der Waals surface area (Å²) in [7, 11) is 0. The van der Waals surface area contributed by atoms with Crippen molar-refractivity contribution in [1.82, 2.24) is 41.2 Å². The molecule has 0 saturated heterocycles. The molecule has 0 bridgehead atoms. The van der Waals surface area contributed by atoms with Crippen LogP contribution in [0.3, 0.4) is 0 Å². The molecule has 0 radical (unpaired) electrons. The topological polar surface area (TPSA) is 207 Å². The molecule has 4 heterocycles. The highest BCUT2D eigenvalue weighted by Crippen LogP contribution is 2.40. The first-order valence-corrected chi connectivity index (χ1v) is 29.7. The lowest BCUT2D eigenvalue weighted by Crippen LogP contribution is -2.34. The number of benzene rings is 4. The second kappa shape index (κ2) is 25.0. The molecule has 3 atom stereocenters. The van der Waals surface area contributed by atoms with Gasteiger partial charge in [0.05, 0.1) is 5.69 Å². The lowest BCUT2D eigenvalue weighted by molar-refractivity contribution is 0.0527. The molecule has 4 aliphatic rings. The highest BCUT2D eigenvalue weighted by atomic mass is 79.9. The number of alkyl carbamates (subject to hydrolysis) is 1. The largest absolute Gasteiger partial charge is 0.444 e. The summed E-state index contributed by atoms with van der Waals surface area (Å²) >= 11 is 14.1. The van der Waals surface area contributed by atoms with Gasteiger partial charge in [-0.3, -0.25) is 4.79 Å². The number of aryl methyl sites for hydroxylation is 4. The number of hydrogen-bond donors (Lipinski definition) is 10. The van der Waals surface area contributed by atoms with Crippen molar-refractivity contribution in [2.24, 2.45) is 11.5 Å². The fourth-order valence-corrected chi connectivity index (χ4v) is 12.5. The molecule has 12 rings (SSSR count). The summed E-state index contributed by atoms with van der Waals surface area (Å²) in [6, 6.07) is 26.7. The van der Waals surface area contributed by atoms with Gasteiger partial charge in [0.1, 0.15) is 5.60 Å². The van der Waals surface area contributed by atoms with Gasteiger partial charge in [-0.1, -0.05) is 63.7 Å². The van der Waals surface area contributed by atoms with Gasteiger partial charge in [0.2, 0.25) is 0 Å². The average Bonchev–Trinajstić information content (AvgIpc) is 4.27. The zero-order chi connectivity index (χ0) is 52.8. The van der Waals surface area contributed by atoms with Gasteiger partial charge < -0.3 is 57.4 Å². The van der Waals surface area contributed by atoms with Crippen molar-refractivity contribution in [2.75, 3.05) is 39.3 Å². The van der Waals surface area contributed by atoms with E-state index < -0.39 is 5.60 Å². The predicted molar refractivity (Wildman–Crippen MR) is 320 cm³/mol. The molecule has 0 spiro atoms. The van der Waals surface area contributed by atoms with Crippen molar-refractivity contribution in [3.8, 4) is 0 Å². The van der Waals surface area contributed by atoms with Gasteiger partial charge >= 0.3 is 6.09 Å². The number of nitrogens with two attached hydrogens (primary N) is 2. The highest BCUT2D eigenvalue weighted by molar-refractivity contribution is 9.11. The Kier molecular flexibility index (Phi) is 18.5. The smallest absolute Gasteiger partial charge is 0.407 e. The fraction of sp³-hybridized carbons (Fsp3) is 0.414. The lowest BCUT2D eigenvalue weighted by atomic mass is 10.1. The molecular weight excluding hydrogens is 1200 g/mol. The number of aromatic amines is 4. The zero-order valence-corrected chi connectivity index (χ0v) is 49.4. The molecule has 398 valence electrons. The first-order chi connectivity index (χ1) is 36.2. The minimum Gasteiger partial charge on any atom is -0.444 e. The number of halogens is 4. The van der Waals surface area contributed by atoms with E-state index >= 15 is 0 Å². The van der Waals surface area contributed by atoms with E-state index in [0.717, 1.165) is 113 Å². The summed E-state index contributed by atoms with van der Waals surface area (Å²) in [5, 5.41) is 18.8. The third kappa shape index (κ3) is 13.3. The van der Waals surface area contributed by atoms with Crippen LogP contribution >= 0.6 is 63.7 Å². The minimum atomic E-state index is -0.451. The number of carbonyl (C=O) groups is 2. The monoisotopic (exact) mass is 1270 g/mol. The van der Waals surface area contributed by atoms with E-state index in [4.69, 9.17) is 16.2 Å². The van der Waals surface area contributed by atoms with Crippen molar-refractivity contribution in [3.63, 3.8) is 0 Å². The zero-order valence-electron chi connectivity index (χ0n) is 43.1. The summed E-state index contributed by atoms with van der Waals surface area (Å²) in [5.41, 5.74) is 25.8. The van der Waals surface area contributed by atoms with Crippen LogP contribution in [0, 0.1) is 0 Å². The number of ketones is 1. The van der Waals surface area contributed by atoms with Crippen molar-refractivity contribution in [3.05, 3.63) is 136 Å². The third-order valence-corrected chi connectivity index (χ3v) is 16.5. The maximum atomic E-state index is 11.6. The van der Waals surface area contributed by atoms with E-state index in [1.54, 1.807) is 0 Å². The fourth-order valence-electron chi connectivity index (χ4n) is 11.0. The maximum absolute atomic E-state index is 11.6. The average molecular weight is 1270 g/mol. The molecule has 4 aromatic carbocycles. The molecule has 0 fully saturated rings. The van der Waals surface area contributed by atoms with Gasteiger partial charge in [-0.25, -0.2) is 4.79 Å². The van der Waals surface area contributed by atoms with Gasteiger partial charge in [-0.15, -0.1) is 0 Å². The summed E-state index contributed by atoms with van der Waals surface area (Å²) in [6.07, 6.45) is 11.0.